The van der Waals surface area contributed by atoms with Crippen LogP contribution in [0, 0.1) is 35.0 Å². The van der Waals surface area contributed by atoms with Crippen LogP contribution in [0.3, 0.4) is 0 Å². The summed E-state index contributed by atoms with van der Waals surface area (Å²) in [5, 5.41) is 10.5. The Kier molecular flexibility index (Phi) is 3.53. The molecule has 4 aliphatic carbocycles. The van der Waals surface area contributed by atoms with E-state index in [0.29, 0.717) is 5.41 Å². The fraction of sp³-hybridized carbons (Fsp3) is 0.905. The maximum absolute atomic E-state index is 10.5. The highest BCUT2D eigenvalue weighted by molar-refractivity contribution is 5.23. The molecule has 1 N–H and O–H groups in total. The summed E-state index contributed by atoms with van der Waals surface area (Å²) >= 11 is 0. The molecule has 0 spiro atoms. The first kappa shape index (κ1) is 15.2. The summed E-state index contributed by atoms with van der Waals surface area (Å²) in [5.74, 6) is 4.67. The molecule has 1 heteroatoms. The van der Waals surface area contributed by atoms with Gasteiger partial charge in [-0.25, -0.2) is 0 Å². The Balaban J connectivity index is 1.57. The Morgan fingerprint density at radius 1 is 0.955 bits per heavy atom. The van der Waals surface area contributed by atoms with Crippen molar-refractivity contribution in [1.29, 1.82) is 0 Å². The molecule has 4 aliphatic rings. The Hall–Kier alpha value is -0.300. The van der Waals surface area contributed by atoms with Crippen molar-refractivity contribution in [2.75, 3.05) is 0 Å². The molecule has 0 unspecified atom stereocenters. The minimum atomic E-state index is -0.372. The van der Waals surface area contributed by atoms with E-state index < -0.39 is 0 Å². The Morgan fingerprint density at radius 3 is 2.50 bits per heavy atom. The molecule has 7 atom stereocenters. The summed E-state index contributed by atoms with van der Waals surface area (Å²) in [5.41, 5.74) is 1.93. The van der Waals surface area contributed by atoms with Crippen LogP contribution in [0.2, 0.25) is 0 Å². The SMILES string of the molecule is CC=C1CC[C@H]2[C@@H]3CC[C@H]4C[C@@](C)(O)CC[C@@H]4[C@H]3CC[C@]12C. The van der Waals surface area contributed by atoms with Crippen LogP contribution in [-0.2, 0) is 0 Å². The van der Waals surface area contributed by atoms with E-state index in [-0.39, 0.29) is 5.60 Å². The predicted octanol–water partition coefficient (Wildman–Crippen LogP) is 5.34. The van der Waals surface area contributed by atoms with E-state index >= 15 is 0 Å². The molecule has 0 aliphatic heterocycles. The van der Waals surface area contributed by atoms with Crippen molar-refractivity contribution in [2.24, 2.45) is 35.0 Å². The van der Waals surface area contributed by atoms with Crippen LogP contribution in [0.1, 0.15) is 78.6 Å². The molecule has 0 aromatic carbocycles. The average molecular weight is 303 g/mol. The topological polar surface area (TPSA) is 20.2 Å². The molecule has 1 nitrogen and oxygen atoms in total. The van der Waals surface area contributed by atoms with Gasteiger partial charge in [0.1, 0.15) is 0 Å². The quantitative estimate of drug-likeness (QED) is 0.599. The van der Waals surface area contributed by atoms with Crippen molar-refractivity contribution < 1.29 is 5.11 Å². The lowest BCUT2D eigenvalue weighted by Crippen LogP contribution is -2.49. The minimum Gasteiger partial charge on any atom is -0.390 e. The lowest BCUT2D eigenvalue weighted by Gasteiger charge is -2.56. The standard InChI is InChI=1S/C21H34O/c1-4-15-6-8-19-18-7-5-14-13-20(2,22)11-9-16(14)17(18)10-12-21(15,19)3/h4,14,16-19,22H,5-13H2,1-3H3/t14-,16-,17+,18+,19-,20-,21+/m0/s1. The largest absolute Gasteiger partial charge is 0.390 e. The van der Waals surface area contributed by atoms with E-state index in [2.05, 4.69) is 26.8 Å². The number of hydrogen-bond acceptors (Lipinski definition) is 1. The van der Waals surface area contributed by atoms with Crippen molar-refractivity contribution in [1.82, 2.24) is 0 Å². The first-order valence-corrected chi connectivity index (χ1v) is 9.83. The van der Waals surface area contributed by atoms with Crippen LogP contribution in [0.15, 0.2) is 11.6 Å². The normalized spacial score (nSPS) is 56.4. The van der Waals surface area contributed by atoms with Gasteiger partial charge >= 0.3 is 0 Å². The van der Waals surface area contributed by atoms with Gasteiger partial charge in [0.15, 0.2) is 0 Å². The summed E-state index contributed by atoms with van der Waals surface area (Å²) in [7, 11) is 0. The van der Waals surface area contributed by atoms with Gasteiger partial charge in [0, 0.05) is 0 Å². The van der Waals surface area contributed by atoms with Crippen molar-refractivity contribution >= 4 is 0 Å². The summed E-state index contributed by atoms with van der Waals surface area (Å²) in [6, 6.07) is 0. The zero-order valence-electron chi connectivity index (χ0n) is 14.8. The van der Waals surface area contributed by atoms with Crippen molar-refractivity contribution in [3.63, 3.8) is 0 Å². The van der Waals surface area contributed by atoms with E-state index in [4.69, 9.17) is 0 Å². The first-order valence-electron chi connectivity index (χ1n) is 9.83. The van der Waals surface area contributed by atoms with Gasteiger partial charge in [-0.2, -0.15) is 0 Å². The van der Waals surface area contributed by atoms with Crippen LogP contribution in [0.4, 0.5) is 0 Å². The van der Waals surface area contributed by atoms with Crippen molar-refractivity contribution in [3.05, 3.63) is 11.6 Å². The van der Waals surface area contributed by atoms with E-state index in [1.807, 2.05) is 0 Å². The van der Waals surface area contributed by atoms with E-state index in [0.717, 1.165) is 42.4 Å². The van der Waals surface area contributed by atoms with E-state index in [9.17, 15) is 5.11 Å². The third-order valence-corrected chi connectivity index (χ3v) is 8.43. The number of rotatable bonds is 0. The number of allylic oxidation sites excluding steroid dienone is 2. The Labute approximate surface area is 136 Å². The number of aliphatic hydroxyl groups is 1. The van der Waals surface area contributed by atoms with Gasteiger partial charge in [0.05, 0.1) is 5.60 Å². The van der Waals surface area contributed by atoms with Crippen LogP contribution < -0.4 is 0 Å². The van der Waals surface area contributed by atoms with Gasteiger partial charge in [-0.3, -0.25) is 0 Å². The summed E-state index contributed by atoms with van der Waals surface area (Å²) in [4.78, 5) is 0. The molecule has 0 aromatic rings. The maximum Gasteiger partial charge on any atom is 0.0622 e. The van der Waals surface area contributed by atoms with Crippen LogP contribution >= 0.6 is 0 Å². The van der Waals surface area contributed by atoms with E-state index in [1.165, 1.54) is 44.9 Å². The molecule has 4 fully saturated rings. The predicted molar refractivity (Wildman–Crippen MR) is 91.5 cm³/mol. The van der Waals surface area contributed by atoms with Crippen LogP contribution in [0.5, 0.6) is 0 Å². The second-order valence-corrected chi connectivity index (χ2v) is 9.48. The monoisotopic (exact) mass is 302 g/mol. The molecule has 0 bridgehead atoms. The van der Waals surface area contributed by atoms with Gasteiger partial charge in [0.25, 0.3) is 0 Å². The molecule has 0 amide bonds. The molecule has 4 saturated carbocycles. The molecule has 124 valence electrons. The maximum atomic E-state index is 10.5. The molecule has 0 radical (unpaired) electrons. The molecule has 0 aromatic heterocycles. The highest BCUT2D eigenvalue weighted by Gasteiger charge is 2.55. The highest BCUT2D eigenvalue weighted by Crippen LogP contribution is 2.64. The Morgan fingerprint density at radius 2 is 1.73 bits per heavy atom. The zero-order valence-corrected chi connectivity index (χ0v) is 14.8. The Bertz CT molecular complexity index is 476. The zero-order chi connectivity index (χ0) is 15.5. The fourth-order valence-electron chi connectivity index (χ4n) is 7.40. The van der Waals surface area contributed by atoms with Gasteiger partial charge in [0.2, 0.25) is 0 Å². The number of fused-ring (bicyclic) bond motifs is 5. The third-order valence-electron chi connectivity index (χ3n) is 8.43. The summed E-state index contributed by atoms with van der Waals surface area (Å²) < 4.78 is 0. The smallest absolute Gasteiger partial charge is 0.0622 e. The second-order valence-electron chi connectivity index (χ2n) is 9.48. The minimum absolute atomic E-state index is 0.372. The first-order chi connectivity index (χ1) is 10.4. The van der Waals surface area contributed by atoms with Crippen molar-refractivity contribution in [3.8, 4) is 0 Å². The van der Waals surface area contributed by atoms with Crippen LogP contribution in [-0.4, -0.2) is 10.7 Å². The molecule has 4 rings (SSSR count). The molecule has 0 heterocycles. The van der Waals surface area contributed by atoms with E-state index in [1.54, 1.807) is 5.57 Å². The van der Waals surface area contributed by atoms with Gasteiger partial charge in [-0.15, -0.1) is 0 Å². The summed E-state index contributed by atoms with van der Waals surface area (Å²) in [6.07, 6.45) is 14.4. The highest BCUT2D eigenvalue weighted by atomic mass is 16.3. The van der Waals surface area contributed by atoms with Crippen LogP contribution in [0.25, 0.3) is 0 Å². The van der Waals surface area contributed by atoms with Gasteiger partial charge < -0.3 is 5.11 Å². The van der Waals surface area contributed by atoms with Gasteiger partial charge in [-0.05, 0) is 107 Å². The summed E-state index contributed by atoms with van der Waals surface area (Å²) in [6.45, 7) is 6.91. The lowest BCUT2D eigenvalue weighted by molar-refractivity contribution is -0.0899. The third kappa shape index (κ3) is 2.14. The second kappa shape index (κ2) is 5.10. The molecular weight excluding hydrogens is 268 g/mol. The fourth-order valence-corrected chi connectivity index (χ4v) is 7.40. The van der Waals surface area contributed by atoms with Crippen molar-refractivity contribution in [2.45, 2.75) is 84.2 Å². The lowest BCUT2D eigenvalue weighted by atomic mass is 9.49. The molecule has 22 heavy (non-hydrogen) atoms. The molecule has 0 saturated heterocycles. The number of hydrogen-bond donors (Lipinski definition) is 1. The molecular formula is C21H34O. The average Bonchev–Trinajstić information content (AvgIpc) is 2.82. The van der Waals surface area contributed by atoms with Gasteiger partial charge in [-0.1, -0.05) is 18.6 Å².